The van der Waals surface area contributed by atoms with Gasteiger partial charge in [-0.05, 0) is 55.3 Å². The van der Waals surface area contributed by atoms with Gasteiger partial charge >= 0.3 is 0 Å². The second kappa shape index (κ2) is 7.21. The summed E-state index contributed by atoms with van der Waals surface area (Å²) in [4.78, 5) is 17.1. The number of hydrogen-bond acceptors (Lipinski definition) is 4. The van der Waals surface area contributed by atoms with Crippen molar-refractivity contribution >= 4 is 32.6 Å². The Morgan fingerprint density at radius 2 is 1.78 bits per heavy atom. The Labute approximate surface area is 161 Å². The Bertz CT molecular complexity index is 1120. The molecule has 0 aliphatic rings. The van der Waals surface area contributed by atoms with Crippen molar-refractivity contribution in [3.63, 3.8) is 0 Å². The number of aryl methyl sites for hydroxylation is 1. The van der Waals surface area contributed by atoms with E-state index in [1.165, 1.54) is 11.3 Å². The number of hydrogen-bond donors (Lipinski definition) is 1. The molecule has 134 valence electrons. The average Bonchev–Trinajstić information content (AvgIpc) is 3.06. The number of thiazole rings is 1. The number of carbonyl (C=O) groups excluding carboxylic acids is 1. The van der Waals surface area contributed by atoms with E-state index in [1.807, 2.05) is 80.6 Å². The van der Waals surface area contributed by atoms with E-state index in [4.69, 9.17) is 4.74 Å². The van der Waals surface area contributed by atoms with Gasteiger partial charge in [0.25, 0.3) is 5.91 Å². The molecule has 3 aromatic carbocycles. The second-order valence-corrected chi connectivity index (χ2v) is 7.30. The van der Waals surface area contributed by atoms with Crippen molar-refractivity contribution < 1.29 is 9.53 Å². The number of fused-ring (bicyclic) bond motifs is 1. The molecule has 0 spiro atoms. The molecule has 0 aliphatic heterocycles. The third kappa shape index (κ3) is 3.68. The molecule has 4 rings (SSSR count). The Kier molecular flexibility index (Phi) is 4.60. The Balaban J connectivity index is 1.56. The van der Waals surface area contributed by atoms with Crippen LogP contribution in [0.25, 0.3) is 10.2 Å². The number of nitrogens with zero attached hydrogens (tertiary/aromatic N) is 1. The van der Waals surface area contributed by atoms with E-state index in [2.05, 4.69) is 10.3 Å². The minimum Gasteiger partial charge on any atom is -0.457 e. The summed E-state index contributed by atoms with van der Waals surface area (Å²) in [7, 11) is 0. The third-order valence-electron chi connectivity index (χ3n) is 4.41. The van der Waals surface area contributed by atoms with E-state index in [1.54, 1.807) is 0 Å². The van der Waals surface area contributed by atoms with Gasteiger partial charge in [-0.15, -0.1) is 0 Å². The predicted octanol–water partition coefficient (Wildman–Crippen LogP) is 5.96. The number of carbonyl (C=O) groups is 1. The van der Waals surface area contributed by atoms with Gasteiger partial charge in [-0.2, -0.15) is 0 Å². The quantitative estimate of drug-likeness (QED) is 0.480. The van der Waals surface area contributed by atoms with E-state index in [-0.39, 0.29) is 5.91 Å². The van der Waals surface area contributed by atoms with Gasteiger partial charge in [0.1, 0.15) is 11.5 Å². The Morgan fingerprint density at radius 3 is 2.59 bits per heavy atom. The number of rotatable bonds is 4. The Morgan fingerprint density at radius 1 is 0.963 bits per heavy atom. The molecule has 0 atom stereocenters. The number of ether oxygens (including phenoxy) is 1. The monoisotopic (exact) mass is 374 g/mol. The standard InChI is InChI=1S/C22H18N2O2S/c1-14-7-6-10-18(15(14)2)21(25)24-22-23-19-12-11-17(13-20(19)27-22)26-16-8-4-3-5-9-16/h3-13H,1-2H3,(H,23,24,25). The summed E-state index contributed by atoms with van der Waals surface area (Å²) in [5.74, 6) is 1.38. The van der Waals surface area contributed by atoms with Gasteiger partial charge in [-0.25, -0.2) is 4.98 Å². The molecule has 0 unspecified atom stereocenters. The van der Waals surface area contributed by atoms with Crippen LogP contribution in [0.5, 0.6) is 11.5 Å². The van der Waals surface area contributed by atoms with Crippen LogP contribution in [0.1, 0.15) is 21.5 Å². The van der Waals surface area contributed by atoms with Crippen molar-refractivity contribution in [2.24, 2.45) is 0 Å². The zero-order valence-electron chi connectivity index (χ0n) is 15.0. The van der Waals surface area contributed by atoms with E-state index in [0.29, 0.717) is 10.7 Å². The molecule has 1 aromatic heterocycles. The molecular weight excluding hydrogens is 356 g/mol. The van der Waals surface area contributed by atoms with Crippen molar-refractivity contribution in [2.75, 3.05) is 5.32 Å². The van der Waals surface area contributed by atoms with Gasteiger partial charge in [0.15, 0.2) is 5.13 Å². The van der Waals surface area contributed by atoms with Crippen LogP contribution in [0, 0.1) is 13.8 Å². The maximum Gasteiger partial charge on any atom is 0.257 e. The number of para-hydroxylation sites is 1. The first kappa shape index (κ1) is 17.2. The Hall–Kier alpha value is -3.18. The first-order valence-corrected chi connectivity index (χ1v) is 9.43. The lowest BCUT2D eigenvalue weighted by Gasteiger charge is -2.07. The van der Waals surface area contributed by atoms with Crippen molar-refractivity contribution in [2.45, 2.75) is 13.8 Å². The minimum absolute atomic E-state index is 0.143. The van der Waals surface area contributed by atoms with Crippen molar-refractivity contribution in [3.05, 3.63) is 83.4 Å². The molecule has 1 heterocycles. The number of anilines is 1. The largest absolute Gasteiger partial charge is 0.457 e. The van der Waals surface area contributed by atoms with Crippen LogP contribution in [0.2, 0.25) is 0 Å². The summed E-state index contributed by atoms with van der Waals surface area (Å²) in [6.45, 7) is 3.95. The van der Waals surface area contributed by atoms with Crippen LogP contribution in [-0.4, -0.2) is 10.9 Å². The summed E-state index contributed by atoms with van der Waals surface area (Å²) in [5, 5.41) is 3.49. The van der Waals surface area contributed by atoms with Crippen LogP contribution in [0.4, 0.5) is 5.13 Å². The zero-order chi connectivity index (χ0) is 18.8. The van der Waals surface area contributed by atoms with Crippen LogP contribution in [-0.2, 0) is 0 Å². The fraction of sp³-hybridized carbons (Fsp3) is 0.0909. The number of nitrogens with one attached hydrogen (secondary N) is 1. The molecule has 0 saturated heterocycles. The number of aromatic nitrogens is 1. The van der Waals surface area contributed by atoms with E-state index < -0.39 is 0 Å². The van der Waals surface area contributed by atoms with Gasteiger partial charge in [-0.3, -0.25) is 10.1 Å². The van der Waals surface area contributed by atoms with E-state index in [9.17, 15) is 4.79 Å². The minimum atomic E-state index is -0.143. The van der Waals surface area contributed by atoms with Crippen LogP contribution in [0.3, 0.4) is 0 Å². The van der Waals surface area contributed by atoms with Gasteiger partial charge in [0.05, 0.1) is 10.2 Å². The molecule has 27 heavy (non-hydrogen) atoms. The van der Waals surface area contributed by atoms with Crippen molar-refractivity contribution in [3.8, 4) is 11.5 Å². The van der Waals surface area contributed by atoms with E-state index >= 15 is 0 Å². The highest BCUT2D eigenvalue weighted by atomic mass is 32.1. The van der Waals surface area contributed by atoms with Gasteiger partial charge < -0.3 is 4.74 Å². The van der Waals surface area contributed by atoms with Gasteiger partial charge in [0.2, 0.25) is 0 Å². The molecule has 1 N–H and O–H groups in total. The lowest BCUT2D eigenvalue weighted by molar-refractivity contribution is 0.102. The molecule has 0 aliphatic carbocycles. The summed E-state index contributed by atoms with van der Waals surface area (Å²) in [5.41, 5.74) is 3.57. The van der Waals surface area contributed by atoms with Crippen molar-refractivity contribution in [1.29, 1.82) is 0 Å². The highest BCUT2D eigenvalue weighted by Gasteiger charge is 2.13. The highest BCUT2D eigenvalue weighted by Crippen LogP contribution is 2.31. The summed E-state index contributed by atoms with van der Waals surface area (Å²) < 4.78 is 6.82. The number of benzene rings is 3. The topological polar surface area (TPSA) is 51.2 Å². The molecule has 5 heteroatoms. The first-order chi connectivity index (χ1) is 13.1. The lowest BCUT2D eigenvalue weighted by Crippen LogP contribution is -2.13. The summed E-state index contributed by atoms with van der Waals surface area (Å²) >= 11 is 1.43. The number of amides is 1. The smallest absolute Gasteiger partial charge is 0.257 e. The molecule has 4 nitrogen and oxygen atoms in total. The molecule has 0 bridgehead atoms. The van der Waals surface area contributed by atoms with Crippen LogP contribution >= 0.6 is 11.3 Å². The van der Waals surface area contributed by atoms with Crippen LogP contribution < -0.4 is 10.1 Å². The van der Waals surface area contributed by atoms with Gasteiger partial charge in [0, 0.05) is 11.6 Å². The maximum absolute atomic E-state index is 12.6. The highest BCUT2D eigenvalue weighted by molar-refractivity contribution is 7.22. The van der Waals surface area contributed by atoms with Gasteiger partial charge in [-0.1, -0.05) is 41.7 Å². The third-order valence-corrected chi connectivity index (χ3v) is 5.34. The molecular formula is C22H18N2O2S. The molecule has 4 aromatic rings. The predicted molar refractivity (Wildman–Crippen MR) is 110 cm³/mol. The fourth-order valence-corrected chi connectivity index (χ4v) is 3.70. The normalized spacial score (nSPS) is 10.7. The summed E-state index contributed by atoms with van der Waals surface area (Å²) in [6, 6.07) is 21.1. The molecule has 1 amide bonds. The van der Waals surface area contributed by atoms with Crippen LogP contribution in [0.15, 0.2) is 66.7 Å². The lowest BCUT2D eigenvalue weighted by atomic mass is 10.0. The molecule has 0 fully saturated rings. The molecule has 0 radical (unpaired) electrons. The summed E-state index contributed by atoms with van der Waals surface area (Å²) in [6.07, 6.45) is 0. The second-order valence-electron chi connectivity index (χ2n) is 6.27. The molecule has 0 saturated carbocycles. The zero-order valence-corrected chi connectivity index (χ0v) is 15.8. The van der Waals surface area contributed by atoms with E-state index in [0.717, 1.165) is 32.8 Å². The average molecular weight is 374 g/mol. The fourth-order valence-electron chi connectivity index (χ4n) is 2.81. The SMILES string of the molecule is Cc1cccc(C(=O)Nc2nc3ccc(Oc4ccccc4)cc3s2)c1C. The van der Waals surface area contributed by atoms with Crippen molar-refractivity contribution in [1.82, 2.24) is 4.98 Å². The first-order valence-electron chi connectivity index (χ1n) is 8.61. The maximum atomic E-state index is 12.6.